The van der Waals surface area contributed by atoms with Crippen LogP contribution in [0.4, 0.5) is 0 Å². The van der Waals surface area contributed by atoms with Gasteiger partial charge in [0.05, 0.1) is 19.6 Å². The maximum Gasteiger partial charge on any atom is 0.307 e. The normalized spacial score (nSPS) is 30.8. The fourth-order valence-corrected chi connectivity index (χ4v) is 3.33. The Labute approximate surface area is 153 Å². The van der Waals surface area contributed by atoms with Crippen molar-refractivity contribution >= 4 is 5.97 Å². The number of carbonyl (C=O) groups excluding carboxylic acids is 1. The number of esters is 1. The number of ether oxygens (including phenoxy) is 5. The average molecular weight is 365 g/mol. The van der Waals surface area contributed by atoms with Gasteiger partial charge in [0, 0.05) is 6.04 Å². The molecule has 1 aromatic carbocycles. The van der Waals surface area contributed by atoms with E-state index in [9.17, 15) is 4.79 Å². The van der Waals surface area contributed by atoms with E-state index in [0.717, 1.165) is 5.56 Å². The van der Waals surface area contributed by atoms with Crippen LogP contribution in [-0.4, -0.2) is 49.0 Å². The highest BCUT2D eigenvalue weighted by Crippen LogP contribution is 2.40. The Bertz CT molecular complexity index is 607. The lowest BCUT2D eigenvalue weighted by Crippen LogP contribution is -2.47. The molecule has 26 heavy (non-hydrogen) atoms. The van der Waals surface area contributed by atoms with E-state index in [-0.39, 0.29) is 12.4 Å². The highest BCUT2D eigenvalue weighted by molar-refractivity contribution is 5.70. The summed E-state index contributed by atoms with van der Waals surface area (Å²) < 4.78 is 28.8. The molecule has 0 bridgehead atoms. The molecule has 2 fully saturated rings. The van der Waals surface area contributed by atoms with Gasteiger partial charge in [0.1, 0.15) is 18.3 Å². The Morgan fingerprint density at radius 1 is 1.27 bits per heavy atom. The SMILES string of the molecule is CCOC(=O)C[C@@H](N)[C@H]1O[C@@H]2OC(C)(C)O[C@@H]2[C@H]1OCc1ccccc1. The van der Waals surface area contributed by atoms with Crippen molar-refractivity contribution in [2.45, 2.75) is 70.2 Å². The second-order valence-corrected chi connectivity index (χ2v) is 7.00. The fraction of sp³-hybridized carbons (Fsp3) is 0.632. The summed E-state index contributed by atoms with van der Waals surface area (Å²) in [6.07, 6.45) is -1.87. The molecule has 2 heterocycles. The summed E-state index contributed by atoms with van der Waals surface area (Å²) in [5.74, 6) is -1.11. The molecule has 0 aliphatic carbocycles. The van der Waals surface area contributed by atoms with Crippen LogP contribution < -0.4 is 5.73 Å². The maximum atomic E-state index is 11.8. The monoisotopic (exact) mass is 365 g/mol. The molecule has 0 amide bonds. The molecule has 7 nitrogen and oxygen atoms in total. The lowest BCUT2D eigenvalue weighted by atomic mass is 10.0. The summed E-state index contributed by atoms with van der Waals surface area (Å²) in [6.45, 7) is 6.13. The lowest BCUT2D eigenvalue weighted by molar-refractivity contribution is -0.221. The van der Waals surface area contributed by atoms with Crippen molar-refractivity contribution in [1.29, 1.82) is 0 Å². The lowest BCUT2D eigenvalue weighted by Gasteiger charge is -2.29. The molecular weight excluding hydrogens is 338 g/mol. The topological polar surface area (TPSA) is 89.2 Å². The smallest absolute Gasteiger partial charge is 0.307 e. The largest absolute Gasteiger partial charge is 0.466 e. The number of nitrogens with two attached hydrogens (primary N) is 1. The van der Waals surface area contributed by atoms with Crippen molar-refractivity contribution in [3.63, 3.8) is 0 Å². The van der Waals surface area contributed by atoms with Crippen LogP contribution in [0.3, 0.4) is 0 Å². The molecule has 0 saturated carbocycles. The summed E-state index contributed by atoms with van der Waals surface area (Å²) in [4.78, 5) is 11.8. The third-order valence-corrected chi connectivity index (χ3v) is 4.44. The van der Waals surface area contributed by atoms with Crippen molar-refractivity contribution in [3.8, 4) is 0 Å². The second kappa shape index (κ2) is 8.02. The third-order valence-electron chi connectivity index (χ3n) is 4.44. The molecule has 1 aromatic rings. The van der Waals surface area contributed by atoms with Crippen LogP contribution >= 0.6 is 0 Å². The first-order chi connectivity index (χ1) is 12.4. The van der Waals surface area contributed by atoms with Gasteiger partial charge in [-0.2, -0.15) is 0 Å². The summed E-state index contributed by atoms with van der Waals surface area (Å²) >= 11 is 0. The van der Waals surface area contributed by atoms with E-state index in [1.54, 1.807) is 6.92 Å². The number of hydrogen-bond acceptors (Lipinski definition) is 7. The Morgan fingerprint density at radius 2 is 2.00 bits per heavy atom. The van der Waals surface area contributed by atoms with Crippen LogP contribution in [0.5, 0.6) is 0 Å². The molecule has 0 spiro atoms. The van der Waals surface area contributed by atoms with E-state index in [2.05, 4.69) is 0 Å². The molecule has 5 atom stereocenters. The van der Waals surface area contributed by atoms with Crippen molar-refractivity contribution in [1.82, 2.24) is 0 Å². The van der Waals surface area contributed by atoms with Gasteiger partial charge >= 0.3 is 5.97 Å². The van der Waals surface area contributed by atoms with Crippen molar-refractivity contribution in [2.75, 3.05) is 6.61 Å². The number of rotatable bonds is 7. The quantitative estimate of drug-likeness (QED) is 0.736. The maximum absolute atomic E-state index is 11.8. The zero-order valence-corrected chi connectivity index (χ0v) is 15.4. The summed E-state index contributed by atoms with van der Waals surface area (Å²) in [7, 11) is 0. The zero-order valence-electron chi connectivity index (χ0n) is 15.4. The molecule has 2 aliphatic rings. The Hall–Kier alpha value is -1.51. The van der Waals surface area contributed by atoms with Crippen LogP contribution in [0.15, 0.2) is 30.3 Å². The summed E-state index contributed by atoms with van der Waals surface area (Å²) in [6, 6.07) is 9.25. The molecular formula is C19H27NO6. The summed E-state index contributed by atoms with van der Waals surface area (Å²) in [5, 5.41) is 0. The zero-order chi connectivity index (χ0) is 18.7. The summed E-state index contributed by atoms with van der Waals surface area (Å²) in [5.41, 5.74) is 7.26. The van der Waals surface area contributed by atoms with Crippen LogP contribution in [0.2, 0.25) is 0 Å². The molecule has 144 valence electrons. The molecule has 2 aliphatic heterocycles. The number of hydrogen-bond donors (Lipinski definition) is 1. The van der Waals surface area contributed by atoms with Gasteiger partial charge < -0.3 is 29.4 Å². The first-order valence-electron chi connectivity index (χ1n) is 8.97. The fourth-order valence-electron chi connectivity index (χ4n) is 3.33. The highest BCUT2D eigenvalue weighted by Gasteiger charge is 2.56. The molecule has 2 saturated heterocycles. The van der Waals surface area contributed by atoms with E-state index in [0.29, 0.717) is 13.2 Å². The Balaban J connectivity index is 1.69. The van der Waals surface area contributed by atoms with E-state index >= 15 is 0 Å². The predicted octanol–water partition coefficient (Wildman–Crippen LogP) is 1.73. The van der Waals surface area contributed by atoms with E-state index < -0.39 is 36.4 Å². The highest BCUT2D eigenvalue weighted by atomic mass is 16.8. The van der Waals surface area contributed by atoms with E-state index in [4.69, 9.17) is 29.4 Å². The Morgan fingerprint density at radius 3 is 2.69 bits per heavy atom. The van der Waals surface area contributed by atoms with Crippen LogP contribution in [-0.2, 0) is 35.1 Å². The van der Waals surface area contributed by atoms with Crippen molar-refractivity contribution in [3.05, 3.63) is 35.9 Å². The standard InChI is InChI=1S/C19H27NO6/c1-4-22-14(21)10-13(20)15-16(23-11-12-8-6-5-7-9-12)17-18(24-15)26-19(2,3)25-17/h5-9,13,15-18H,4,10-11,20H2,1-3H3/t13-,15-,16+,17-,18-/m1/s1. The second-order valence-electron chi connectivity index (χ2n) is 7.00. The number of carbonyl (C=O) groups is 1. The van der Waals surface area contributed by atoms with Crippen LogP contribution in [0.1, 0.15) is 32.8 Å². The molecule has 7 heteroatoms. The number of benzene rings is 1. The first-order valence-corrected chi connectivity index (χ1v) is 8.97. The van der Waals surface area contributed by atoms with Gasteiger partial charge in [-0.15, -0.1) is 0 Å². The van der Waals surface area contributed by atoms with Gasteiger partial charge in [0.15, 0.2) is 12.1 Å². The third kappa shape index (κ3) is 4.42. The van der Waals surface area contributed by atoms with Crippen molar-refractivity contribution in [2.24, 2.45) is 5.73 Å². The molecule has 0 radical (unpaired) electrons. The van der Waals surface area contributed by atoms with E-state index in [1.165, 1.54) is 0 Å². The minimum Gasteiger partial charge on any atom is -0.466 e. The minimum atomic E-state index is -0.750. The Kier molecular flexibility index (Phi) is 5.94. The van der Waals surface area contributed by atoms with Gasteiger partial charge in [0.2, 0.25) is 0 Å². The minimum absolute atomic E-state index is 0.0482. The van der Waals surface area contributed by atoms with Crippen molar-refractivity contribution < 1.29 is 28.5 Å². The molecule has 0 unspecified atom stereocenters. The van der Waals surface area contributed by atoms with Gasteiger partial charge in [-0.05, 0) is 26.3 Å². The van der Waals surface area contributed by atoms with Crippen LogP contribution in [0.25, 0.3) is 0 Å². The molecule has 3 rings (SSSR count). The molecule has 2 N–H and O–H groups in total. The van der Waals surface area contributed by atoms with Gasteiger partial charge in [0.25, 0.3) is 0 Å². The van der Waals surface area contributed by atoms with E-state index in [1.807, 2.05) is 44.2 Å². The predicted molar refractivity (Wildman–Crippen MR) is 92.9 cm³/mol. The van der Waals surface area contributed by atoms with Gasteiger partial charge in [-0.25, -0.2) is 0 Å². The van der Waals surface area contributed by atoms with Gasteiger partial charge in [-0.1, -0.05) is 30.3 Å². The number of fused-ring (bicyclic) bond motifs is 1. The first kappa shape index (κ1) is 19.3. The van der Waals surface area contributed by atoms with Crippen LogP contribution in [0, 0.1) is 0 Å². The van der Waals surface area contributed by atoms with Gasteiger partial charge in [-0.3, -0.25) is 4.79 Å². The average Bonchev–Trinajstić information content (AvgIpc) is 3.06. The molecule has 0 aromatic heterocycles.